The van der Waals surface area contributed by atoms with E-state index in [2.05, 4.69) is 0 Å². The molecular formula is C16H11NO3. The molecule has 4 heteroatoms. The van der Waals surface area contributed by atoms with Gasteiger partial charge in [-0.1, -0.05) is 17.7 Å². The summed E-state index contributed by atoms with van der Waals surface area (Å²) in [6, 6.07) is 10.1. The Kier molecular flexibility index (Phi) is 2.71. The Morgan fingerprint density at radius 2 is 1.55 bits per heavy atom. The predicted octanol–water partition coefficient (Wildman–Crippen LogP) is 1.92. The molecule has 4 nitrogen and oxygen atoms in total. The highest BCUT2D eigenvalue weighted by Crippen LogP contribution is 2.19. The van der Waals surface area contributed by atoms with Crippen LogP contribution in [-0.4, -0.2) is 16.1 Å². The van der Waals surface area contributed by atoms with E-state index in [1.54, 1.807) is 0 Å². The summed E-state index contributed by atoms with van der Waals surface area (Å²) in [4.78, 5) is 35.4. The third kappa shape index (κ3) is 1.82. The molecule has 0 amide bonds. The van der Waals surface area contributed by atoms with E-state index in [9.17, 15) is 14.4 Å². The summed E-state index contributed by atoms with van der Waals surface area (Å²) in [5.74, 6) is -1.14. The minimum atomic E-state index is -0.580. The van der Waals surface area contributed by atoms with Crippen molar-refractivity contribution in [3.63, 3.8) is 0 Å². The highest BCUT2D eigenvalue weighted by atomic mass is 16.2. The first-order chi connectivity index (χ1) is 9.58. The normalized spacial score (nSPS) is 13.4. The fourth-order valence-corrected chi connectivity index (χ4v) is 2.23. The van der Waals surface area contributed by atoms with Gasteiger partial charge < -0.3 is 0 Å². The molecule has 0 unspecified atom stereocenters. The van der Waals surface area contributed by atoms with Crippen LogP contribution in [0.5, 0.6) is 0 Å². The highest BCUT2D eigenvalue weighted by Gasteiger charge is 2.23. The fourth-order valence-electron chi connectivity index (χ4n) is 2.23. The number of fused-ring (bicyclic) bond motifs is 1. The van der Waals surface area contributed by atoms with Gasteiger partial charge in [-0.3, -0.25) is 19.0 Å². The topological polar surface area (TPSA) is 56.1 Å². The van der Waals surface area contributed by atoms with Crippen LogP contribution in [0.1, 0.15) is 21.6 Å². The molecule has 2 aromatic rings. The summed E-state index contributed by atoms with van der Waals surface area (Å²) in [6.07, 6.45) is 2.72. The van der Waals surface area contributed by atoms with Crippen LogP contribution < -0.4 is 5.56 Å². The number of hydrogen-bond acceptors (Lipinski definition) is 3. The zero-order chi connectivity index (χ0) is 14.3. The standard InChI is InChI=1S/C16H11NO3/c1-10-2-4-11(5-3-10)17-13-7-8-14(18)16(20)12(13)6-9-15(17)19/h2-9H,1H3. The minimum absolute atomic E-state index is 0.237. The molecule has 1 aliphatic carbocycles. The summed E-state index contributed by atoms with van der Waals surface area (Å²) in [6.45, 7) is 1.95. The number of ketones is 2. The number of aromatic nitrogens is 1. The molecule has 20 heavy (non-hydrogen) atoms. The van der Waals surface area contributed by atoms with Crippen molar-refractivity contribution in [1.82, 2.24) is 4.57 Å². The van der Waals surface area contributed by atoms with Gasteiger partial charge in [0.15, 0.2) is 0 Å². The summed E-state index contributed by atoms with van der Waals surface area (Å²) in [5, 5.41) is 0. The lowest BCUT2D eigenvalue weighted by Gasteiger charge is -2.15. The second-order valence-electron chi connectivity index (χ2n) is 4.67. The lowest BCUT2D eigenvalue weighted by molar-refractivity contribution is -0.110. The number of pyridine rings is 1. The molecule has 0 bridgehead atoms. The van der Waals surface area contributed by atoms with Crippen LogP contribution in [-0.2, 0) is 4.79 Å². The van der Waals surface area contributed by atoms with Gasteiger partial charge in [-0.05, 0) is 37.3 Å². The fraction of sp³-hybridized carbons (Fsp3) is 0.0625. The van der Waals surface area contributed by atoms with Gasteiger partial charge in [-0.15, -0.1) is 0 Å². The number of carbonyl (C=O) groups is 2. The Balaban J connectivity index is 2.31. The number of allylic oxidation sites excluding steroid dienone is 1. The Hall–Kier alpha value is -2.75. The average Bonchev–Trinajstić information content (AvgIpc) is 2.44. The van der Waals surface area contributed by atoms with Gasteiger partial charge in [-0.2, -0.15) is 0 Å². The van der Waals surface area contributed by atoms with E-state index in [4.69, 9.17) is 0 Å². The van der Waals surface area contributed by atoms with Gasteiger partial charge >= 0.3 is 0 Å². The number of hydrogen-bond donors (Lipinski definition) is 0. The van der Waals surface area contributed by atoms with Gasteiger partial charge in [0.2, 0.25) is 11.6 Å². The molecule has 1 heterocycles. The van der Waals surface area contributed by atoms with Crippen LogP contribution in [0.4, 0.5) is 0 Å². The van der Waals surface area contributed by atoms with Gasteiger partial charge in [0.05, 0.1) is 11.3 Å². The van der Waals surface area contributed by atoms with Crippen LogP contribution in [0.2, 0.25) is 0 Å². The summed E-state index contributed by atoms with van der Waals surface area (Å²) in [5.41, 5.74) is 2.22. The van der Waals surface area contributed by atoms with Crippen LogP contribution in [0.15, 0.2) is 47.3 Å². The smallest absolute Gasteiger partial charge is 0.255 e. The lowest BCUT2D eigenvalue weighted by Crippen LogP contribution is -2.26. The van der Waals surface area contributed by atoms with Crippen molar-refractivity contribution in [2.75, 3.05) is 0 Å². The number of aryl methyl sites for hydroxylation is 1. The molecular weight excluding hydrogens is 254 g/mol. The van der Waals surface area contributed by atoms with E-state index in [-0.39, 0.29) is 11.1 Å². The maximum Gasteiger partial charge on any atom is 0.255 e. The Labute approximate surface area is 115 Å². The molecule has 1 aromatic carbocycles. The van der Waals surface area contributed by atoms with Crippen molar-refractivity contribution < 1.29 is 9.59 Å². The molecule has 1 aliphatic rings. The molecule has 98 valence electrons. The average molecular weight is 265 g/mol. The van der Waals surface area contributed by atoms with Crippen molar-refractivity contribution in [2.45, 2.75) is 6.92 Å². The minimum Gasteiger partial charge on any atom is -0.286 e. The van der Waals surface area contributed by atoms with Crippen LogP contribution in [0.25, 0.3) is 11.8 Å². The quantitative estimate of drug-likeness (QED) is 0.740. The number of benzene rings is 1. The molecule has 0 N–H and O–H groups in total. The first-order valence-electron chi connectivity index (χ1n) is 6.18. The molecule has 0 atom stereocenters. The van der Waals surface area contributed by atoms with E-state index in [1.165, 1.54) is 28.9 Å². The highest BCUT2D eigenvalue weighted by molar-refractivity contribution is 6.49. The Bertz CT molecular complexity index is 811. The van der Waals surface area contributed by atoms with Gasteiger partial charge in [0.25, 0.3) is 5.56 Å². The van der Waals surface area contributed by atoms with Gasteiger partial charge in [0, 0.05) is 11.8 Å². The van der Waals surface area contributed by atoms with Crippen LogP contribution in [0.3, 0.4) is 0 Å². The maximum absolute atomic E-state index is 12.1. The number of carbonyl (C=O) groups excluding carboxylic acids is 2. The SMILES string of the molecule is Cc1ccc(-n2c3c(ccc2=O)C(=O)C(=O)C=C3)cc1. The van der Waals surface area contributed by atoms with E-state index in [1.807, 2.05) is 31.2 Å². The molecule has 1 aromatic heterocycles. The van der Waals surface area contributed by atoms with Crippen molar-refractivity contribution in [2.24, 2.45) is 0 Å². The van der Waals surface area contributed by atoms with Crippen molar-refractivity contribution >= 4 is 17.6 Å². The number of Topliss-reactive ketones (excluding diaryl/α,β-unsaturated/α-hetero) is 1. The van der Waals surface area contributed by atoms with Gasteiger partial charge in [-0.25, -0.2) is 0 Å². The van der Waals surface area contributed by atoms with Crippen molar-refractivity contribution in [3.05, 3.63) is 69.6 Å². The molecule has 0 spiro atoms. The van der Waals surface area contributed by atoms with Crippen molar-refractivity contribution in [1.29, 1.82) is 0 Å². The van der Waals surface area contributed by atoms with Crippen LogP contribution in [0, 0.1) is 6.92 Å². The first kappa shape index (κ1) is 12.3. The molecule has 0 radical (unpaired) electrons. The van der Waals surface area contributed by atoms with E-state index in [0.717, 1.165) is 5.56 Å². The van der Waals surface area contributed by atoms with Crippen LogP contribution >= 0.6 is 0 Å². The predicted molar refractivity (Wildman–Crippen MR) is 75.1 cm³/mol. The number of nitrogens with zero attached hydrogens (tertiary/aromatic N) is 1. The van der Waals surface area contributed by atoms with E-state index in [0.29, 0.717) is 11.4 Å². The second kappa shape index (κ2) is 4.42. The third-order valence-electron chi connectivity index (χ3n) is 3.28. The summed E-state index contributed by atoms with van der Waals surface area (Å²) >= 11 is 0. The monoisotopic (exact) mass is 265 g/mol. The third-order valence-corrected chi connectivity index (χ3v) is 3.28. The first-order valence-corrected chi connectivity index (χ1v) is 6.18. The zero-order valence-electron chi connectivity index (χ0n) is 10.8. The molecule has 0 fully saturated rings. The number of rotatable bonds is 1. The largest absolute Gasteiger partial charge is 0.286 e. The maximum atomic E-state index is 12.1. The Morgan fingerprint density at radius 3 is 2.25 bits per heavy atom. The molecule has 0 saturated heterocycles. The molecule has 3 rings (SSSR count). The lowest BCUT2D eigenvalue weighted by atomic mass is 9.99. The van der Waals surface area contributed by atoms with E-state index < -0.39 is 11.6 Å². The van der Waals surface area contributed by atoms with E-state index >= 15 is 0 Å². The Morgan fingerprint density at radius 1 is 0.850 bits per heavy atom. The van der Waals surface area contributed by atoms with Crippen molar-refractivity contribution in [3.8, 4) is 5.69 Å². The zero-order valence-corrected chi connectivity index (χ0v) is 10.8. The van der Waals surface area contributed by atoms with Gasteiger partial charge in [0.1, 0.15) is 0 Å². The summed E-state index contributed by atoms with van der Waals surface area (Å²) < 4.78 is 1.44. The summed E-state index contributed by atoms with van der Waals surface area (Å²) in [7, 11) is 0. The molecule has 0 saturated carbocycles. The second-order valence-corrected chi connectivity index (χ2v) is 4.67. The molecule has 0 aliphatic heterocycles.